The molecule has 1 heterocycles. The van der Waals surface area contributed by atoms with Crippen molar-refractivity contribution in [1.82, 2.24) is 14.9 Å². The van der Waals surface area contributed by atoms with Crippen LogP contribution in [-0.2, 0) is 17.8 Å². The zero-order chi connectivity index (χ0) is 23.4. The number of hydrogen-bond donors (Lipinski definition) is 1. The van der Waals surface area contributed by atoms with E-state index in [1.165, 1.54) is 27.8 Å². The van der Waals surface area contributed by atoms with Crippen LogP contribution in [-0.4, -0.2) is 22.0 Å². The van der Waals surface area contributed by atoms with E-state index in [4.69, 9.17) is 4.98 Å². The third-order valence-corrected chi connectivity index (χ3v) is 6.45. The number of aromatic nitrogens is 2. The summed E-state index contributed by atoms with van der Waals surface area (Å²) in [5.74, 6) is 0.893. The number of nitrogens with zero attached hydrogens (tertiary/aromatic N) is 2. The molecule has 4 rings (SSSR count). The maximum Gasteiger partial charge on any atom is 0.244 e. The van der Waals surface area contributed by atoms with E-state index in [-0.39, 0.29) is 5.91 Å². The van der Waals surface area contributed by atoms with Gasteiger partial charge in [-0.1, -0.05) is 48.5 Å². The van der Waals surface area contributed by atoms with E-state index in [0.717, 1.165) is 29.0 Å². The third-order valence-electron chi connectivity index (χ3n) is 6.45. The van der Waals surface area contributed by atoms with Crippen molar-refractivity contribution in [1.29, 1.82) is 0 Å². The van der Waals surface area contributed by atoms with Crippen LogP contribution < -0.4 is 5.32 Å². The first-order chi connectivity index (χ1) is 15.9. The molecule has 0 aliphatic carbocycles. The van der Waals surface area contributed by atoms with Crippen LogP contribution in [0.15, 0.2) is 66.7 Å². The van der Waals surface area contributed by atoms with Gasteiger partial charge in [0.05, 0.1) is 11.0 Å². The van der Waals surface area contributed by atoms with Crippen molar-refractivity contribution in [3.63, 3.8) is 0 Å². The van der Waals surface area contributed by atoms with Gasteiger partial charge in [-0.25, -0.2) is 4.98 Å². The topological polar surface area (TPSA) is 46.9 Å². The van der Waals surface area contributed by atoms with Gasteiger partial charge in [0.25, 0.3) is 0 Å². The molecule has 0 saturated heterocycles. The zero-order valence-corrected chi connectivity index (χ0v) is 19.9. The van der Waals surface area contributed by atoms with Crippen molar-refractivity contribution < 1.29 is 4.79 Å². The number of imidazole rings is 1. The van der Waals surface area contributed by atoms with E-state index in [9.17, 15) is 4.79 Å². The van der Waals surface area contributed by atoms with Crippen LogP contribution in [0.4, 0.5) is 0 Å². The first-order valence-electron chi connectivity index (χ1n) is 11.5. The fraction of sp³-hybridized carbons (Fsp3) is 0.241. The first-order valence-corrected chi connectivity index (χ1v) is 11.5. The largest absolute Gasteiger partial charge is 0.352 e. The summed E-state index contributed by atoms with van der Waals surface area (Å²) in [6.07, 6.45) is 4.08. The molecule has 4 nitrogen and oxygen atoms in total. The monoisotopic (exact) mass is 437 g/mol. The van der Waals surface area contributed by atoms with Gasteiger partial charge in [-0.15, -0.1) is 0 Å². The second kappa shape index (κ2) is 9.86. The maximum absolute atomic E-state index is 12.3. The molecule has 0 fully saturated rings. The Kier molecular flexibility index (Phi) is 6.74. The molecule has 4 heteroatoms. The minimum absolute atomic E-state index is 0.0949. The Morgan fingerprint density at radius 3 is 2.33 bits per heavy atom. The number of aryl methyl sites for hydroxylation is 2. The summed E-state index contributed by atoms with van der Waals surface area (Å²) in [7, 11) is 0. The van der Waals surface area contributed by atoms with Gasteiger partial charge in [0.1, 0.15) is 5.82 Å². The fourth-order valence-corrected chi connectivity index (χ4v) is 4.28. The van der Waals surface area contributed by atoms with Gasteiger partial charge in [-0.3, -0.25) is 4.79 Å². The molecule has 0 radical (unpaired) electrons. The van der Waals surface area contributed by atoms with Crippen LogP contribution in [0, 0.1) is 27.7 Å². The van der Waals surface area contributed by atoms with Gasteiger partial charge in [-0.05, 0) is 79.3 Å². The molecule has 0 aliphatic rings. The number of hydrogen-bond acceptors (Lipinski definition) is 2. The van der Waals surface area contributed by atoms with Gasteiger partial charge in [0.15, 0.2) is 0 Å². The molecule has 0 spiro atoms. The lowest BCUT2D eigenvalue weighted by molar-refractivity contribution is -0.116. The molecule has 1 amide bonds. The van der Waals surface area contributed by atoms with Gasteiger partial charge in [0, 0.05) is 25.6 Å². The molecule has 0 aliphatic heterocycles. The normalized spacial score (nSPS) is 11.4. The number of carbonyl (C=O) groups excluding carboxylic acids is 1. The molecule has 3 aromatic carbocycles. The van der Waals surface area contributed by atoms with Gasteiger partial charge in [-0.2, -0.15) is 0 Å². The second-order valence-corrected chi connectivity index (χ2v) is 8.63. The van der Waals surface area contributed by atoms with Crippen LogP contribution in [0.25, 0.3) is 17.1 Å². The van der Waals surface area contributed by atoms with Gasteiger partial charge in [0.2, 0.25) is 5.91 Å². The SMILES string of the molecule is Cc1cc(C)c(C)c(Cn2c(CCNC(=O)/C=C/c3ccccc3)nc3ccccc32)c1C. The Morgan fingerprint density at radius 1 is 0.939 bits per heavy atom. The number of para-hydroxylation sites is 2. The number of fused-ring (bicyclic) bond motifs is 1. The van der Waals surface area contributed by atoms with Crippen molar-refractivity contribution in [2.75, 3.05) is 6.54 Å². The molecule has 33 heavy (non-hydrogen) atoms. The number of amides is 1. The molecule has 0 atom stereocenters. The Hall–Kier alpha value is -3.66. The molecule has 0 bridgehead atoms. The molecule has 0 saturated carbocycles. The number of carbonyl (C=O) groups is 1. The van der Waals surface area contributed by atoms with E-state index in [1.54, 1.807) is 6.08 Å². The van der Waals surface area contributed by atoms with Crippen LogP contribution in [0.5, 0.6) is 0 Å². The average molecular weight is 438 g/mol. The van der Waals surface area contributed by atoms with Crippen molar-refractivity contribution in [2.45, 2.75) is 40.7 Å². The Bertz CT molecular complexity index is 1290. The van der Waals surface area contributed by atoms with E-state index in [2.05, 4.69) is 61.8 Å². The Balaban J connectivity index is 1.54. The molecule has 1 N–H and O–H groups in total. The third kappa shape index (κ3) is 5.06. The predicted octanol–water partition coefficient (Wildman–Crippen LogP) is 5.69. The van der Waals surface area contributed by atoms with Crippen LogP contribution >= 0.6 is 0 Å². The number of nitrogens with one attached hydrogen (secondary N) is 1. The highest BCUT2D eigenvalue weighted by atomic mass is 16.1. The van der Waals surface area contributed by atoms with Crippen LogP contribution in [0.2, 0.25) is 0 Å². The fourth-order valence-electron chi connectivity index (χ4n) is 4.28. The van der Waals surface area contributed by atoms with E-state index in [0.29, 0.717) is 13.0 Å². The summed E-state index contributed by atoms with van der Waals surface area (Å²) in [4.78, 5) is 17.2. The molecular formula is C29H31N3O. The summed E-state index contributed by atoms with van der Waals surface area (Å²) < 4.78 is 2.30. The predicted molar refractivity (Wildman–Crippen MR) is 136 cm³/mol. The highest BCUT2D eigenvalue weighted by molar-refractivity contribution is 5.91. The Labute approximate surface area is 196 Å². The summed E-state index contributed by atoms with van der Waals surface area (Å²) in [6.45, 7) is 10.1. The highest BCUT2D eigenvalue weighted by Gasteiger charge is 2.15. The standard InChI is InChI=1S/C29H31N3O/c1-20-18-21(2)23(4)25(22(20)3)19-32-27-13-9-8-12-26(27)31-28(32)16-17-30-29(33)15-14-24-10-6-5-7-11-24/h5-15,18H,16-17,19H2,1-4H3,(H,30,33)/b15-14+. The summed E-state index contributed by atoms with van der Waals surface area (Å²) in [5.41, 5.74) is 9.78. The summed E-state index contributed by atoms with van der Waals surface area (Å²) in [6, 6.07) is 20.4. The maximum atomic E-state index is 12.3. The number of rotatable bonds is 7. The summed E-state index contributed by atoms with van der Waals surface area (Å²) in [5, 5.41) is 3.00. The average Bonchev–Trinajstić information content (AvgIpc) is 3.17. The second-order valence-electron chi connectivity index (χ2n) is 8.63. The molecule has 1 aromatic heterocycles. The molecule has 4 aromatic rings. The van der Waals surface area contributed by atoms with E-state index >= 15 is 0 Å². The number of benzene rings is 3. The molecule has 168 valence electrons. The van der Waals surface area contributed by atoms with E-state index in [1.807, 2.05) is 42.5 Å². The van der Waals surface area contributed by atoms with Crippen molar-refractivity contribution in [3.8, 4) is 0 Å². The lowest BCUT2D eigenvalue weighted by Crippen LogP contribution is -2.24. The van der Waals surface area contributed by atoms with E-state index < -0.39 is 0 Å². The minimum atomic E-state index is -0.0949. The molecular weight excluding hydrogens is 406 g/mol. The quantitative estimate of drug-likeness (QED) is 0.378. The van der Waals surface area contributed by atoms with Crippen LogP contribution in [0.1, 0.15) is 39.2 Å². The lowest BCUT2D eigenvalue weighted by atomic mass is 9.94. The first kappa shape index (κ1) is 22.5. The van der Waals surface area contributed by atoms with Crippen LogP contribution in [0.3, 0.4) is 0 Å². The zero-order valence-electron chi connectivity index (χ0n) is 19.9. The van der Waals surface area contributed by atoms with Crippen molar-refractivity contribution >= 4 is 23.0 Å². The van der Waals surface area contributed by atoms with Crippen molar-refractivity contribution in [2.24, 2.45) is 0 Å². The smallest absolute Gasteiger partial charge is 0.244 e. The minimum Gasteiger partial charge on any atom is -0.352 e. The van der Waals surface area contributed by atoms with Gasteiger partial charge < -0.3 is 9.88 Å². The lowest BCUT2D eigenvalue weighted by Gasteiger charge is -2.18. The summed E-state index contributed by atoms with van der Waals surface area (Å²) >= 11 is 0. The highest BCUT2D eigenvalue weighted by Crippen LogP contribution is 2.25. The Morgan fingerprint density at radius 2 is 1.61 bits per heavy atom. The molecule has 0 unspecified atom stereocenters. The van der Waals surface area contributed by atoms with Crippen molar-refractivity contribution in [3.05, 3.63) is 106 Å². The van der Waals surface area contributed by atoms with Gasteiger partial charge >= 0.3 is 0 Å².